The number of Topliss-reactive ketones (excluding diaryl/α,β-unsaturated/α-hetero) is 1. The molecule has 0 aromatic heterocycles. The molecule has 51 heavy (non-hydrogen) atoms. The average Bonchev–Trinajstić information content (AvgIpc) is 3.39. The van der Waals surface area contributed by atoms with E-state index in [0.29, 0.717) is 48.5 Å². The molecule has 0 saturated carbocycles. The number of carbonyl (C=O) groups is 1. The second kappa shape index (κ2) is 14.3. The fourth-order valence-corrected chi connectivity index (χ4v) is 7.27. The predicted molar refractivity (Wildman–Crippen MR) is 192 cm³/mol. The predicted octanol–water partition coefficient (Wildman–Crippen LogP) is 11.3. The first-order valence-electron chi connectivity index (χ1n) is 17.7. The van der Waals surface area contributed by atoms with Crippen LogP contribution in [0, 0.1) is 11.8 Å². The maximum absolute atomic E-state index is 14.3. The van der Waals surface area contributed by atoms with Crippen LogP contribution in [0.15, 0.2) is 71.2 Å². The lowest BCUT2D eigenvalue weighted by molar-refractivity contribution is -0.441. The Kier molecular flexibility index (Phi) is 11.2. The summed E-state index contributed by atoms with van der Waals surface area (Å²) < 4.78 is 93.4. The van der Waals surface area contributed by atoms with E-state index in [9.17, 15) is 31.1 Å². The minimum absolute atomic E-state index is 0.0938. The van der Waals surface area contributed by atoms with Gasteiger partial charge in [0.15, 0.2) is 5.71 Å². The van der Waals surface area contributed by atoms with Gasteiger partial charge in [-0.1, -0.05) is 79.7 Å². The average molecular weight is 718 g/mol. The molecule has 0 spiro atoms. The Morgan fingerprint density at radius 2 is 1.35 bits per heavy atom. The zero-order valence-corrected chi connectivity index (χ0v) is 31.6. The highest BCUT2D eigenvalue weighted by molar-refractivity contribution is 6.24. The molecule has 2 aromatic carbocycles. The van der Waals surface area contributed by atoms with E-state index in [0.717, 1.165) is 12.1 Å². The Morgan fingerprint density at radius 1 is 0.804 bits per heavy atom. The summed E-state index contributed by atoms with van der Waals surface area (Å²) in [6.07, 6.45) is -4.65. The number of hydrogen-bond donors (Lipinski definition) is 0. The quantitative estimate of drug-likeness (QED) is 0.147. The van der Waals surface area contributed by atoms with Crippen molar-refractivity contribution in [1.29, 1.82) is 0 Å². The van der Waals surface area contributed by atoms with Crippen molar-refractivity contribution in [1.82, 2.24) is 0 Å². The van der Waals surface area contributed by atoms with Crippen LogP contribution in [0.4, 0.5) is 37.7 Å². The van der Waals surface area contributed by atoms with E-state index in [2.05, 4.69) is 0 Å². The number of anilines is 1. The number of methoxy groups -OCH3 is 1. The number of hydrogen-bond acceptors (Lipinski definition) is 3. The number of carbonyl (C=O) groups excluding carboxylic acids is 1. The van der Waals surface area contributed by atoms with Gasteiger partial charge in [0.1, 0.15) is 17.9 Å². The van der Waals surface area contributed by atoms with Gasteiger partial charge in [0.05, 0.1) is 34.9 Å². The Hall–Kier alpha value is -3.82. The Bertz CT molecular complexity index is 1800. The third-order valence-electron chi connectivity index (χ3n) is 10.0. The molecule has 278 valence electrons. The molecule has 4 nitrogen and oxygen atoms in total. The fourth-order valence-electron chi connectivity index (χ4n) is 7.27. The van der Waals surface area contributed by atoms with Gasteiger partial charge in [0.2, 0.25) is 11.5 Å². The minimum atomic E-state index is -4.58. The van der Waals surface area contributed by atoms with E-state index in [1.165, 1.54) is 19.2 Å². The fraction of sp³-hybridized carbons (Fsp3) is 0.512. The van der Waals surface area contributed by atoms with E-state index < -0.39 is 34.3 Å². The van der Waals surface area contributed by atoms with Crippen molar-refractivity contribution in [3.8, 4) is 0 Å². The molecule has 0 saturated heterocycles. The zero-order chi connectivity index (χ0) is 38.4. The third kappa shape index (κ3) is 7.16. The molecule has 2 aliphatic heterocycles. The zero-order valence-electron chi connectivity index (χ0n) is 31.6. The van der Waals surface area contributed by atoms with Crippen LogP contribution in [0.3, 0.4) is 0 Å². The van der Waals surface area contributed by atoms with E-state index in [1.807, 2.05) is 69.2 Å². The SMILES string of the molecule is CC.COC1=C(/C=C2\N(CCC(C)C)c3c(C(F)(F)F)cccc3C2(C)C)C(=O)/C1=C/C1=[N+](CCC(C)C)c2c(C(F)(F)F)cccc2C1(C)C. The Balaban J connectivity index is 0.00000286. The molecular weight excluding hydrogens is 666 g/mol. The summed E-state index contributed by atoms with van der Waals surface area (Å²) >= 11 is 0. The van der Waals surface area contributed by atoms with Crippen molar-refractivity contribution < 1.29 is 40.4 Å². The van der Waals surface area contributed by atoms with E-state index >= 15 is 0 Å². The highest BCUT2D eigenvalue weighted by Crippen LogP contribution is 2.54. The van der Waals surface area contributed by atoms with Crippen LogP contribution in [-0.2, 0) is 32.7 Å². The molecule has 5 rings (SSSR count). The highest BCUT2D eigenvalue weighted by atomic mass is 19.4. The normalized spacial score (nSPS) is 19.6. The number of fused-ring (bicyclic) bond motifs is 2. The molecule has 3 aliphatic rings. The van der Waals surface area contributed by atoms with Crippen molar-refractivity contribution >= 4 is 22.9 Å². The number of halogens is 6. The second-order valence-electron chi connectivity index (χ2n) is 15.1. The molecule has 0 unspecified atom stereocenters. The van der Waals surface area contributed by atoms with E-state index in [4.69, 9.17) is 4.74 Å². The molecule has 0 amide bonds. The van der Waals surface area contributed by atoms with Crippen molar-refractivity contribution in [2.45, 2.75) is 105 Å². The van der Waals surface area contributed by atoms with Crippen LogP contribution in [0.1, 0.15) is 104 Å². The van der Waals surface area contributed by atoms with Gasteiger partial charge >= 0.3 is 12.4 Å². The summed E-state index contributed by atoms with van der Waals surface area (Å²) in [6, 6.07) is 8.40. The van der Waals surface area contributed by atoms with Crippen molar-refractivity contribution in [3.05, 3.63) is 93.4 Å². The first-order chi connectivity index (χ1) is 23.6. The van der Waals surface area contributed by atoms with Gasteiger partial charge in [-0.2, -0.15) is 30.9 Å². The summed E-state index contributed by atoms with van der Waals surface area (Å²) in [7, 11) is 1.42. The maximum atomic E-state index is 14.3. The number of para-hydroxylation sites is 2. The van der Waals surface area contributed by atoms with Crippen LogP contribution < -0.4 is 4.90 Å². The topological polar surface area (TPSA) is 32.5 Å². The van der Waals surface area contributed by atoms with Gasteiger partial charge in [-0.3, -0.25) is 4.79 Å². The van der Waals surface area contributed by atoms with E-state index in [-0.39, 0.29) is 45.9 Å². The van der Waals surface area contributed by atoms with Crippen LogP contribution >= 0.6 is 0 Å². The van der Waals surface area contributed by atoms with Gasteiger partial charge in [0.25, 0.3) is 0 Å². The van der Waals surface area contributed by atoms with Crippen LogP contribution in [0.25, 0.3) is 0 Å². The molecule has 0 radical (unpaired) electrons. The summed E-state index contributed by atoms with van der Waals surface area (Å²) in [5.41, 5.74) is -0.460. The number of rotatable bonds is 9. The summed E-state index contributed by atoms with van der Waals surface area (Å²) in [4.78, 5) is 15.7. The minimum Gasteiger partial charge on any atom is -0.495 e. The van der Waals surface area contributed by atoms with Crippen LogP contribution in [-0.4, -0.2) is 36.3 Å². The molecular formula is C41H51F6N2O2+. The lowest BCUT2D eigenvalue weighted by Crippen LogP contribution is -2.33. The van der Waals surface area contributed by atoms with Gasteiger partial charge < -0.3 is 9.64 Å². The molecule has 0 N–H and O–H groups in total. The first-order valence-corrected chi connectivity index (χ1v) is 17.7. The third-order valence-corrected chi connectivity index (χ3v) is 10.0. The summed E-state index contributed by atoms with van der Waals surface area (Å²) in [5, 5.41) is 0. The van der Waals surface area contributed by atoms with Crippen LogP contribution in [0.5, 0.6) is 0 Å². The highest BCUT2D eigenvalue weighted by Gasteiger charge is 2.52. The number of ketones is 1. The Morgan fingerprint density at radius 3 is 1.88 bits per heavy atom. The van der Waals surface area contributed by atoms with Crippen molar-refractivity contribution in [3.63, 3.8) is 0 Å². The maximum Gasteiger partial charge on any atom is 0.422 e. The summed E-state index contributed by atoms with van der Waals surface area (Å²) in [5.74, 6) is 0.304. The standard InChI is InChI=1S/C39H45F6N2O2.C2H6/c1-22(2)16-18-46-30(36(5,6)26-12-10-14-28(32(26)46)38(40,41)42)20-24-34(48)25(35(24)49-9)21-31-37(7,8)27-13-11-15-29(39(43,44)45)33(27)47(31)19-17-23(3)4;1-2/h10-15,20-23H,16-19H2,1-9H3;1-2H3/q+1;. The van der Waals surface area contributed by atoms with Crippen molar-refractivity contribution in [2.24, 2.45) is 11.8 Å². The molecule has 0 fully saturated rings. The van der Waals surface area contributed by atoms with Gasteiger partial charge in [0, 0.05) is 35.7 Å². The molecule has 2 heterocycles. The van der Waals surface area contributed by atoms with E-state index in [1.54, 1.807) is 33.8 Å². The number of ether oxygens (including phenoxy) is 1. The number of allylic oxidation sites excluding steroid dienone is 5. The van der Waals surface area contributed by atoms with Gasteiger partial charge in [-0.15, -0.1) is 0 Å². The molecule has 2 aromatic rings. The lowest BCUT2D eigenvalue weighted by atomic mass is 9.77. The van der Waals surface area contributed by atoms with Gasteiger partial charge in [-0.05, 0) is 55.9 Å². The molecule has 1 aliphatic carbocycles. The van der Waals surface area contributed by atoms with Crippen molar-refractivity contribution in [2.75, 3.05) is 25.1 Å². The Labute approximate surface area is 298 Å². The largest absolute Gasteiger partial charge is 0.495 e. The van der Waals surface area contributed by atoms with Crippen LogP contribution in [0.2, 0.25) is 0 Å². The molecule has 10 heteroatoms. The second-order valence-corrected chi connectivity index (χ2v) is 15.1. The lowest BCUT2D eigenvalue weighted by Gasteiger charge is -2.31. The molecule has 0 atom stereocenters. The first kappa shape index (κ1) is 40.0. The number of nitrogens with zero attached hydrogens (tertiary/aromatic N) is 2. The number of benzene rings is 2. The smallest absolute Gasteiger partial charge is 0.422 e. The van der Waals surface area contributed by atoms with Gasteiger partial charge in [-0.25, -0.2) is 0 Å². The number of alkyl halides is 6. The summed E-state index contributed by atoms with van der Waals surface area (Å²) in [6.45, 7) is 20.0. The monoisotopic (exact) mass is 717 g/mol. The molecule has 0 bridgehead atoms.